The predicted octanol–water partition coefficient (Wildman–Crippen LogP) is 1.25. The van der Waals surface area contributed by atoms with Crippen molar-refractivity contribution in [2.24, 2.45) is 0 Å². The Bertz CT molecular complexity index is 440. The van der Waals surface area contributed by atoms with E-state index in [1.54, 1.807) is 0 Å². The van der Waals surface area contributed by atoms with Gasteiger partial charge in [-0.15, -0.1) is 10.2 Å². The fourth-order valence-corrected chi connectivity index (χ4v) is 3.67. The third-order valence-electron chi connectivity index (χ3n) is 3.23. The van der Waals surface area contributed by atoms with Crippen LogP contribution in [-0.4, -0.2) is 64.6 Å². The zero-order valence-electron chi connectivity index (χ0n) is 11.1. The van der Waals surface area contributed by atoms with Gasteiger partial charge >= 0.3 is 5.97 Å². The summed E-state index contributed by atoms with van der Waals surface area (Å²) in [6, 6.07) is 0.549. The second-order valence-corrected chi connectivity index (χ2v) is 6.70. The Morgan fingerprint density at radius 3 is 3.00 bits per heavy atom. The number of carboxylic acids is 1. The van der Waals surface area contributed by atoms with Crippen molar-refractivity contribution in [2.45, 2.75) is 23.7 Å². The van der Waals surface area contributed by atoms with Gasteiger partial charge in [0.2, 0.25) is 5.13 Å². The van der Waals surface area contributed by atoms with Crippen molar-refractivity contribution >= 4 is 34.2 Å². The fraction of sp³-hybridized carbons (Fsp3) is 0.727. The lowest BCUT2D eigenvalue weighted by Crippen LogP contribution is -2.51. The number of thioether (sulfide) groups is 1. The third-order valence-corrected chi connectivity index (χ3v) is 5.34. The van der Waals surface area contributed by atoms with Gasteiger partial charge in [0.05, 0.1) is 5.75 Å². The molecule has 1 aliphatic rings. The number of aliphatic carboxylic acids is 1. The highest BCUT2D eigenvalue weighted by atomic mass is 32.2. The molecular weight excluding hydrogens is 284 g/mol. The Hall–Kier alpha value is -0.860. The van der Waals surface area contributed by atoms with Crippen LogP contribution < -0.4 is 4.90 Å². The quantitative estimate of drug-likeness (QED) is 0.821. The molecule has 1 N–H and O–H groups in total. The summed E-state index contributed by atoms with van der Waals surface area (Å²) in [5.41, 5.74) is 0. The number of carbonyl (C=O) groups is 1. The van der Waals surface area contributed by atoms with Gasteiger partial charge in [0.25, 0.3) is 0 Å². The molecule has 1 saturated heterocycles. The van der Waals surface area contributed by atoms with Gasteiger partial charge in [-0.1, -0.05) is 30.0 Å². The molecule has 0 spiro atoms. The molecule has 1 aromatic heterocycles. The summed E-state index contributed by atoms with van der Waals surface area (Å²) >= 11 is 2.71. The minimum atomic E-state index is -0.826. The van der Waals surface area contributed by atoms with Crippen LogP contribution in [0.4, 0.5) is 5.13 Å². The molecule has 19 heavy (non-hydrogen) atoms. The number of hydrogen-bond donors (Lipinski definition) is 1. The molecular formula is C11H18N4O2S2. The Kier molecular flexibility index (Phi) is 5.00. The number of carboxylic acid groups (broad SMARTS) is 1. The Morgan fingerprint density at radius 1 is 1.53 bits per heavy atom. The molecule has 1 fully saturated rings. The van der Waals surface area contributed by atoms with E-state index in [-0.39, 0.29) is 5.75 Å². The van der Waals surface area contributed by atoms with Crippen LogP contribution in [0, 0.1) is 0 Å². The molecule has 106 valence electrons. The smallest absolute Gasteiger partial charge is 0.313 e. The molecule has 0 aromatic carbocycles. The summed E-state index contributed by atoms with van der Waals surface area (Å²) in [7, 11) is 2.15. The number of nitrogens with zero attached hydrogens (tertiary/aromatic N) is 4. The predicted molar refractivity (Wildman–Crippen MR) is 77.2 cm³/mol. The maximum Gasteiger partial charge on any atom is 0.313 e. The van der Waals surface area contributed by atoms with E-state index in [1.165, 1.54) is 23.1 Å². The first-order chi connectivity index (χ1) is 9.10. The van der Waals surface area contributed by atoms with Crippen LogP contribution in [0.3, 0.4) is 0 Å². The lowest BCUT2D eigenvalue weighted by atomic mass is 10.1. The van der Waals surface area contributed by atoms with Crippen molar-refractivity contribution in [3.63, 3.8) is 0 Å². The van der Waals surface area contributed by atoms with E-state index >= 15 is 0 Å². The number of hydrogen-bond acceptors (Lipinski definition) is 7. The highest BCUT2D eigenvalue weighted by molar-refractivity contribution is 8.01. The van der Waals surface area contributed by atoms with Gasteiger partial charge < -0.3 is 10.0 Å². The lowest BCUT2D eigenvalue weighted by molar-refractivity contribution is -0.133. The van der Waals surface area contributed by atoms with E-state index in [0.717, 1.165) is 35.5 Å². The van der Waals surface area contributed by atoms with E-state index in [1.807, 2.05) is 0 Å². The van der Waals surface area contributed by atoms with Crippen LogP contribution in [0.1, 0.15) is 13.3 Å². The first kappa shape index (κ1) is 14.5. The lowest BCUT2D eigenvalue weighted by Gasteiger charge is -2.38. The average Bonchev–Trinajstić information content (AvgIpc) is 2.86. The number of likely N-dealkylation sites (N-methyl/N-ethyl adjacent to an activating group) is 1. The van der Waals surface area contributed by atoms with Crippen LogP contribution in [0.5, 0.6) is 0 Å². The second-order valence-electron chi connectivity index (χ2n) is 4.52. The molecule has 1 unspecified atom stereocenters. The number of anilines is 1. The van der Waals surface area contributed by atoms with Crippen molar-refractivity contribution in [3.05, 3.63) is 0 Å². The molecule has 2 heterocycles. The molecule has 1 atom stereocenters. The molecule has 6 nitrogen and oxygen atoms in total. The summed E-state index contributed by atoms with van der Waals surface area (Å²) in [5.74, 6) is -0.790. The third kappa shape index (κ3) is 3.80. The fourth-order valence-electron chi connectivity index (χ4n) is 2.07. The highest BCUT2D eigenvalue weighted by Crippen LogP contribution is 2.29. The van der Waals surface area contributed by atoms with Crippen molar-refractivity contribution in [1.82, 2.24) is 15.1 Å². The van der Waals surface area contributed by atoms with Crippen LogP contribution in [0.2, 0.25) is 0 Å². The van der Waals surface area contributed by atoms with Crippen LogP contribution in [0.15, 0.2) is 4.34 Å². The molecule has 1 aliphatic heterocycles. The maximum atomic E-state index is 10.5. The van der Waals surface area contributed by atoms with E-state index < -0.39 is 5.97 Å². The SMILES string of the molecule is CCC1CN(c2nnc(SCC(=O)O)s2)CCN1C. The largest absolute Gasteiger partial charge is 0.481 e. The summed E-state index contributed by atoms with van der Waals surface area (Å²) in [6.45, 7) is 5.13. The van der Waals surface area contributed by atoms with Gasteiger partial charge in [0.15, 0.2) is 4.34 Å². The van der Waals surface area contributed by atoms with Crippen molar-refractivity contribution < 1.29 is 9.90 Å². The normalized spacial score (nSPS) is 20.7. The van der Waals surface area contributed by atoms with E-state index in [9.17, 15) is 4.79 Å². The minimum Gasteiger partial charge on any atom is -0.481 e. The molecule has 0 amide bonds. The molecule has 0 radical (unpaired) electrons. The molecule has 2 rings (SSSR count). The van der Waals surface area contributed by atoms with Crippen molar-refractivity contribution in [1.29, 1.82) is 0 Å². The van der Waals surface area contributed by atoms with E-state index in [2.05, 4.69) is 34.0 Å². The standard InChI is InChI=1S/C11H18N4O2S2/c1-3-8-6-15(5-4-14(8)2)10-12-13-11(19-10)18-7-9(16)17/h8H,3-7H2,1-2H3,(H,16,17). The van der Waals surface area contributed by atoms with Crippen LogP contribution in [-0.2, 0) is 4.79 Å². The van der Waals surface area contributed by atoms with Crippen molar-refractivity contribution in [2.75, 3.05) is 37.3 Å². The number of aromatic nitrogens is 2. The van der Waals surface area contributed by atoms with Gasteiger partial charge in [-0.05, 0) is 13.5 Å². The minimum absolute atomic E-state index is 0.0367. The van der Waals surface area contributed by atoms with Gasteiger partial charge in [0.1, 0.15) is 0 Å². The van der Waals surface area contributed by atoms with Gasteiger partial charge in [-0.25, -0.2) is 0 Å². The monoisotopic (exact) mass is 302 g/mol. The first-order valence-corrected chi connectivity index (χ1v) is 8.03. The molecule has 0 aliphatic carbocycles. The number of rotatable bonds is 5. The molecule has 8 heteroatoms. The Labute approximate surface area is 120 Å². The van der Waals surface area contributed by atoms with Gasteiger partial charge in [-0.2, -0.15) is 0 Å². The van der Waals surface area contributed by atoms with Crippen molar-refractivity contribution in [3.8, 4) is 0 Å². The summed E-state index contributed by atoms with van der Waals surface area (Å²) in [5, 5.41) is 17.8. The van der Waals surface area contributed by atoms with Crippen LogP contribution >= 0.6 is 23.1 Å². The summed E-state index contributed by atoms with van der Waals surface area (Å²) < 4.78 is 0.726. The maximum absolute atomic E-state index is 10.5. The molecule has 1 aromatic rings. The first-order valence-electron chi connectivity index (χ1n) is 6.23. The number of piperazine rings is 1. The molecule has 0 saturated carbocycles. The van der Waals surface area contributed by atoms with Gasteiger partial charge in [0, 0.05) is 25.7 Å². The summed E-state index contributed by atoms with van der Waals surface area (Å²) in [4.78, 5) is 15.1. The average molecular weight is 302 g/mol. The van der Waals surface area contributed by atoms with Gasteiger partial charge in [-0.3, -0.25) is 9.69 Å². The zero-order chi connectivity index (χ0) is 13.8. The summed E-state index contributed by atoms with van der Waals surface area (Å²) in [6.07, 6.45) is 1.12. The van der Waals surface area contributed by atoms with Crippen LogP contribution in [0.25, 0.3) is 0 Å². The Morgan fingerprint density at radius 2 is 2.32 bits per heavy atom. The zero-order valence-corrected chi connectivity index (χ0v) is 12.7. The van der Waals surface area contributed by atoms with E-state index in [0.29, 0.717) is 6.04 Å². The highest BCUT2D eigenvalue weighted by Gasteiger charge is 2.25. The topological polar surface area (TPSA) is 69.6 Å². The second kappa shape index (κ2) is 6.53. The molecule has 0 bridgehead atoms. The van der Waals surface area contributed by atoms with E-state index in [4.69, 9.17) is 5.11 Å². The Balaban J connectivity index is 1.96.